The van der Waals surface area contributed by atoms with E-state index in [1.807, 2.05) is 0 Å². The van der Waals surface area contributed by atoms with E-state index in [4.69, 9.17) is 5.73 Å². The molecule has 15 heavy (non-hydrogen) atoms. The number of benzene rings is 1. The van der Waals surface area contributed by atoms with E-state index in [0.29, 0.717) is 5.56 Å². The minimum absolute atomic E-state index is 0.0755. The summed E-state index contributed by atoms with van der Waals surface area (Å²) in [6.07, 6.45) is -0.688. The van der Waals surface area contributed by atoms with Crippen LogP contribution in [0.3, 0.4) is 0 Å². The van der Waals surface area contributed by atoms with Gasteiger partial charge >= 0.3 is 6.61 Å². The lowest BCUT2D eigenvalue weighted by atomic mass is 10.0. The van der Waals surface area contributed by atoms with E-state index in [0.717, 1.165) is 0 Å². The molecule has 0 spiro atoms. The third-order valence-electron chi connectivity index (χ3n) is 2.01. The van der Waals surface area contributed by atoms with E-state index in [9.17, 15) is 13.9 Å². The van der Waals surface area contributed by atoms with Gasteiger partial charge in [0.2, 0.25) is 0 Å². The van der Waals surface area contributed by atoms with Crippen LogP contribution in [0.2, 0.25) is 0 Å². The molecule has 0 aromatic heterocycles. The predicted molar refractivity (Wildman–Crippen MR) is 51.7 cm³/mol. The average Bonchev–Trinajstić information content (AvgIpc) is 2.17. The zero-order chi connectivity index (χ0) is 11.4. The summed E-state index contributed by atoms with van der Waals surface area (Å²) in [5.41, 5.74) is 6.32. The first-order valence-electron chi connectivity index (χ1n) is 4.49. The van der Waals surface area contributed by atoms with E-state index in [2.05, 4.69) is 4.74 Å². The summed E-state index contributed by atoms with van der Waals surface area (Å²) in [4.78, 5) is 0. The Hall–Kier alpha value is -1.20. The van der Waals surface area contributed by atoms with Crippen LogP contribution in [0.25, 0.3) is 0 Å². The van der Waals surface area contributed by atoms with Crippen molar-refractivity contribution in [2.24, 2.45) is 5.73 Å². The average molecular weight is 217 g/mol. The molecule has 3 nitrogen and oxygen atoms in total. The minimum Gasteiger partial charge on any atom is -0.435 e. The van der Waals surface area contributed by atoms with E-state index < -0.39 is 18.8 Å². The van der Waals surface area contributed by atoms with Gasteiger partial charge in [0.1, 0.15) is 5.75 Å². The Morgan fingerprint density at radius 1 is 1.27 bits per heavy atom. The van der Waals surface area contributed by atoms with Crippen molar-refractivity contribution in [2.75, 3.05) is 0 Å². The smallest absolute Gasteiger partial charge is 0.387 e. The van der Waals surface area contributed by atoms with E-state index in [-0.39, 0.29) is 5.75 Å². The molecule has 0 amide bonds. The lowest BCUT2D eigenvalue weighted by Crippen LogP contribution is -2.22. The maximum Gasteiger partial charge on any atom is 0.387 e. The van der Waals surface area contributed by atoms with Gasteiger partial charge in [-0.2, -0.15) is 8.78 Å². The molecule has 1 aromatic carbocycles. The van der Waals surface area contributed by atoms with Crippen LogP contribution in [-0.2, 0) is 0 Å². The van der Waals surface area contributed by atoms with Crippen molar-refractivity contribution in [1.29, 1.82) is 0 Å². The van der Waals surface area contributed by atoms with Gasteiger partial charge in [-0.25, -0.2) is 0 Å². The Labute approximate surface area is 86.5 Å². The summed E-state index contributed by atoms with van der Waals surface area (Å²) in [7, 11) is 0. The molecule has 0 aliphatic carbocycles. The fourth-order valence-electron chi connectivity index (χ4n) is 1.15. The lowest BCUT2D eigenvalue weighted by Gasteiger charge is -2.15. The molecule has 0 heterocycles. The van der Waals surface area contributed by atoms with Crippen molar-refractivity contribution in [1.82, 2.24) is 0 Å². The second-order valence-corrected chi connectivity index (χ2v) is 3.21. The summed E-state index contributed by atoms with van der Waals surface area (Å²) in [5, 5.41) is 9.21. The zero-order valence-electron chi connectivity index (χ0n) is 8.23. The highest BCUT2D eigenvalue weighted by atomic mass is 19.3. The second kappa shape index (κ2) is 5.04. The molecule has 84 valence electrons. The molecule has 0 aliphatic heterocycles. The summed E-state index contributed by atoms with van der Waals surface area (Å²) in [5.74, 6) is 0.0755. The summed E-state index contributed by atoms with van der Waals surface area (Å²) in [6, 6.07) is 5.36. The molecule has 1 rings (SSSR count). The molecule has 0 saturated carbocycles. The Morgan fingerprint density at radius 2 is 1.80 bits per heavy atom. The number of nitrogens with two attached hydrogens (primary N) is 1. The summed E-state index contributed by atoms with van der Waals surface area (Å²) in [6.45, 7) is -1.27. The van der Waals surface area contributed by atoms with Crippen molar-refractivity contribution >= 4 is 0 Å². The highest BCUT2D eigenvalue weighted by Crippen LogP contribution is 2.19. The van der Waals surface area contributed by atoms with Gasteiger partial charge < -0.3 is 15.6 Å². The molecule has 0 unspecified atom stereocenters. The third kappa shape index (κ3) is 3.45. The molecule has 0 bridgehead atoms. The number of alkyl halides is 2. The van der Waals surface area contributed by atoms with E-state index in [1.54, 1.807) is 19.1 Å². The minimum atomic E-state index is -2.83. The SMILES string of the molecule is C[C@@H](O)[C@H](N)c1ccc(OC(F)F)cc1. The van der Waals surface area contributed by atoms with Gasteiger partial charge in [-0.3, -0.25) is 0 Å². The molecule has 3 N–H and O–H groups in total. The van der Waals surface area contributed by atoms with E-state index >= 15 is 0 Å². The van der Waals surface area contributed by atoms with Crippen LogP contribution in [0.4, 0.5) is 8.78 Å². The molecule has 0 fully saturated rings. The highest BCUT2D eigenvalue weighted by molar-refractivity contribution is 5.29. The summed E-state index contributed by atoms with van der Waals surface area (Å²) >= 11 is 0. The van der Waals surface area contributed by atoms with Crippen molar-refractivity contribution in [2.45, 2.75) is 25.7 Å². The number of aliphatic hydroxyl groups excluding tert-OH is 1. The van der Waals surface area contributed by atoms with Gasteiger partial charge in [-0.15, -0.1) is 0 Å². The van der Waals surface area contributed by atoms with E-state index in [1.165, 1.54) is 12.1 Å². The number of rotatable bonds is 4. The summed E-state index contributed by atoms with van der Waals surface area (Å²) < 4.78 is 27.8. The molecule has 1 aromatic rings. The third-order valence-corrected chi connectivity index (χ3v) is 2.01. The number of hydrogen-bond donors (Lipinski definition) is 2. The van der Waals surface area contributed by atoms with Gasteiger partial charge in [0, 0.05) is 0 Å². The van der Waals surface area contributed by atoms with Crippen LogP contribution in [-0.4, -0.2) is 17.8 Å². The molecule has 0 radical (unpaired) electrons. The molecule has 0 saturated heterocycles. The first kappa shape index (κ1) is 11.9. The number of aliphatic hydroxyl groups is 1. The zero-order valence-corrected chi connectivity index (χ0v) is 8.23. The van der Waals surface area contributed by atoms with Crippen molar-refractivity contribution in [3.8, 4) is 5.75 Å². The molecule has 0 aliphatic rings. The predicted octanol–water partition coefficient (Wildman–Crippen LogP) is 1.67. The largest absolute Gasteiger partial charge is 0.435 e. The van der Waals surface area contributed by atoms with Crippen LogP contribution >= 0.6 is 0 Å². The van der Waals surface area contributed by atoms with Crippen LogP contribution in [0.1, 0.15) is 18.5 Å². The van der Waals surface area contributed by atoms with Crippen molar-refractivity contribution < 1.29 is 18.6 Å². The Morgan fingerprint density at radius 3 is 2.20 bits per heavy atom. The number of ether oxygens (including phenoxy) is 1. The van der Waals surface area contributed by atoms with Gasteiger partial charge in [-0.1, -0.05) is 12.1 Å². The van der Waals surface area contributed by atoms with Crippen LogP contribution in [0.15, 0.2) is 24.3 Å². The standard InChI is InChI=1S/C10H13F2NO2/c1-6(14)9(13)7-2-4-8(5-3-7)15-10(11)12/h2-6,9-10,14H,13H2,1H3/t6-,9+/m1/s1. The maximum absolute atomic E-state index is 11.8. The number of halogens is 2. The van der Waals surface area contributed by atoms with Gasteiger partial charge in [0.15, 0.2) is 0 Å². The van der Waals surface area contributed by atoms with Crippen LogP contribution in [0.5, 0.6) is 5.75 Å². The monoisotopic (exact) mass is 217 g/mol. The van der Waals surface area contributed by atoms with Gasteiger partial charge in [0.25, 0.3) is 0 Å². The molecular formula is C10H13F2NO2. The first-order chi connectivity index (χ1) is 7.00. The lowest BCUT2D eigenvalue weighted by molar-refractivity contribution is -0.0498. The Bertz CT molecular complexity index is 301. The molecule has 5 heteroatoms. The first-order valence-corrected chi connectivity index (χ1v) is 4.49. The highest BCUT2D eigenvalue weighted by Gasteiger charge is 2.12. The van der Waals surface area contributed by atoms with Crippen LogP contribution in [0, 0.1) is 0 Å². The Balaban J connectivity index is 2.72. The van der Waals surface area contributed by atoms with Gasteiger partial charge in [-0.05, 0) is 24.6 Å². The van der Waals surface area contributed by atoms with Gasteiger partial charge in [0.05, 0.1) is 12.1 Å². The fraction of sp³-hybridized carbons (Fsp3) is 0.400. The Kier molecular flexibility index (Phi) is 3.99. The second-order valence-electron chi connectivity index (χ2n) is 3.21. The topological polar surface area (TPSA) is 55.5 Å². The number of hydrogen-bond acceptors (Lipinski definition) is 3. The van der Waals surface area contributed by atoms with Crippen LogP contribution < -0.4 is 10.5 Å². The fourth-order valence-corrected chi connectivity index (χ4v) is 1.15. The normalized spacial score (nSPS) is 15.1. The maximum atomic E-state index is 11.8. The van der Waals surface area contributed by atoms with Crippen molar-refractivity contribution in [3.63, 3.8) is 0 Å². The van der Waals surface area contributed by atoms with Crippen molar-refractivity contribution in [3.05, 3.63) is 29.8 Å². The molecular weight excluding hydrogens is 204 g/mol. The molecule has 2 atom stereocenters. The quantitative estimate of drug-likeness (QED) is 0.806.